The van der Waals surface area contributed by atoms with E-state index in [1.165, 1.54) is 22.6 Å². The quantitative estimate of drug-likeness (QED) is 0.605. The van der Waals surface area contributed by atoms with Gasteiger partial charge in [-0.25, -0.2) is 13.3 Å². The van der Waals surface area contributed by atoms with Crippen molar-refractivity contribution in [2.75, 3.05) is 18.0 Å². The van der Waals surface area contributed by atoms with Gasteiger partial charge in [-0.1, -0.05) is 26.0 Å². The molecule has 29 heavy (non-hydrogen) atoms. The third kappa shape index (κ3) is 2.83. The molecule has 4 rings (SSSR count). The lowest BCUT2D eigenvalue weighted by molar-refractivity contribution is 0.0903. The first-order valence-corrected chi connectivity index (χ1v) is 10.7. The molecule has 0 N–H and O–H groups in total. The highest BCUT2D eigenvalue weighted by molar-refractivity contribution is 7.89. The first kappa shape index (κ1) is 19.2. The minimum Gasteiger partial charge on any atom is -0.268 e. The molecular formula is C21H19N3O4S. The zero-order chi connectivity index (χ0) is 20.8. The molecule has 148 valence electrons. The normalized spacial score (nSPS) is 13.5. The van der Waals surface area contributed by atoms with Crippen molar-refractivity contribution in [1.29, 1.82) is 0 Å². The maximum Gasteiger partial charge on any atom is 0.266 e. The predicted octanol–water partition coefficient (Wildman–Crippen LogP) is 3.07. The summed E-state index contributed by atoms with van der Waals surface area (Å²) in [5, 5.41) is 0.907. The summed E-state index contributed by atoms with van der Waals surface area (Å²) in [4.78, 5) is 31.2. The lowest BCUT2D eigenvalue weighted by Crippen LogP contribution is -2.33. The average Bonchev–Trinajstić information content (AvgIpc) is 3.02. The molecule has 0 aliphatic carbocycles. The number of hydrogen-bond acceptors (Lipinski definition) is 5. The molecule has 1 aromatic heterocycles. The number of sulfonamides is 1. The van der Waals surface area contributed by atoms with Crippen LogP contribution in [0.15, 0.2) is 59.8 Å². The SMILES string of the molecule is CCN(CC)S(=O)(=O)c1ccc2c3c(cccc13)C(=O)N2C(=O)c1cccnc1. The van der Waals surface area contributed by atoms with Gasteiger partial charge < -0.3 is 0 Å². The summed E-state index contributed by atoms with van der Waals surface area (Å²) in [6, 6.07) is 11.1. The monoisotopic (exact) mass is 409 g/mol. The maximum absolute atomic E-state index is 13.1. The summed E-state index contributed by atoms with van der Waals surface area (Å²) in [5.74, 6) is -0.975. The van der Waals surface area contributed by atoms with Crippen LogP contribution in [0, 0.1) is 0 Å². The van der Waals surface area contributed by atoms with Crippen molar-refractivity contribution in [1.82, 2.24) is 9.29 Å². The summed E-state index contributed by atoms with van der Waals surface area (Å²) in [6.45, 7) is 4.23. The summed E-state index contributed by atoms with van der Waals surface area (Å²) < 4.78 is 27.6. The molecule has 3 aromatic rings. The molecule has 0 bridgehead atoms. The number of anilines is 1. The van der Waals surface area contributed by atoms with Gasteiger partial charge in [-0.15, -0.1) is 0 Å². The largest absolute Gasteiger partial charge is 0.268 e. The molecule has 2 heterocycles. The van der Waals surface area contributed by atoms with E-state index in [9.17, 15) is 18.0 Å². The molecule has 0 saturated carbocycles. The van der Waals surface area contributed by atoms with Crippen LogP contribution in [0.25, 0.3) is 10.8 Å². The van der Waals surface area contributed by atoms with Crippen molar-refractivity contribution < 1.29 is 18.0 Å². The zero-order valence-corrected chi connectivity index (χ0v) is 16.8. The predicted molar refractivity (Wildman–Crippen MR) is 109 cm³/mol. The minimum absolute atomic E-state index is 0.130. The second kappa shape index (κ2) is 7.06. The molecule has 2 amide bonds. The molecule has 7 nitrogen and oxygen atoms in total. The van der Waals surface area contributed by atoms with Crippen molar-refractivity contribution in [2.24, 2.45) is 0 Å². The first-order chi connectivity index (χ1) is 13.9. The fraction of sp³-hybridized carbons (Fsp3) is 0.190. The highest BCUT2D eigenvalue weighted by Crippen LogP contribution is 2.41. The molecular weight excluding hydrogens is 390 g/mol. The van der Waals surface area contributed by atoms with Crippen LogP contribution in [0.3, 0.4) is 0 Å². The highest BCUT2D eigenvalue weighted by Gasteiger charge is 2.37. The molecule has 0 unspecified atom stereocenters. The Morgan fingerprint density at radius 3 is 2.48 bits per heavy atom. The van der Waals surface area contributed by atoms with Crippen LogP contribution in [0.1, 0.15) is 34.6 Å². The number of carbonyl (C=O) groups is 2. The van der Waals surface area contributed by atoms with Gasteiger partial charge in [0.15, 0.2) is 0 Å². The molecule has 1 aliphatic heterocycles. The van der Waals surface area contributed by atoms with Crippen LogP contribution in [-0.2, 0) is 10.0 Å². The summed E-state index contributed by atoms with van der Waals surface area (Å²) in [5.41, 5.74) is 0.973. The second-order valence-electron chi connectivity index (χ2n) is 6.59. The Kier molecular flexibility index (Phi) is 4.68. The molecule has 0 atom stereocenters. The zero-order valence-electron chi connectivity index (χ0n) is 16.0. The number of rotatable bonds is 5. The third-order valence-electron chi connectivity index (χ3n) is 5.09. The van der Waals surface area contributed by atoms with Crippen molar-refractivity contribution in [3.05, 3.63) is 66.0 Å². The Labute approximate surface area is 168 Å². The van der Waals surface area contributed by atoms with E-state index >= 15 is 0 Å². The van der Waals surface area contributed by atoms with Gasteiger partial charge in [0.05, 0.1) is 21.7 Å². The number of nitrogens with zero attached hydrogens (tertiary/aromatic N) is 3. The molecule has 2 aromatic carbocycles. The van der Waals surface area contributed by atoms with Gasteiger partial charge in [0.25, 0.3) is 11.8 Å². The van der Waals surface area contributed by atoms with Gasteiger partial charge in [0.1, 0.15) is 0 Å². The summed E-state index contributed by atoms with van der Waals surface area (Å²) in [7, 11) is -3.73. The molecule has 8 heteroatoms. The van der Waals surface area contributed by atoms with Crippen molar-refractivity contribution >= 4 is 38.3 Å². The number of amides is 2. The number of imide groups is 1. The van der Waals surface area contributed by atoms with E-state index in [0.717, 1.165) is 4.90 Å². The summed E-state index contributed by atoms with van der Waals surface area (Å²) in [6.07, 6.45) is 2.94. The van der Waals surface area contributed by atoms with Crippen LogP contribution < -0.4 is 4.90 Å². The van der Waals surface area contributed by atoms with E-state index in [0.29, 0.717) is 35.1 Å². The fourth-order valence-electron chi connectivity index (χ4n) is 3.70. The van der Waals surface area contributed by atoms with Crippen LogP contribution in [0.4, 0.5) is 5.69 Å². The van der Waals surface area contributed by atoms with Gasteiger partial charge >= 0.3 is 0 Å². The topological polar surface area (TPSA) is 87.7 Å². The average molecular weight is 409 g/mol. The van der Waals surface area contributed by atoms with Crippen molar-refractivity contribution in [3.63, 3.8) is 0 Å². The van der Waals surface area contributed by atoms with Crippen LogP contribution in [0.5, 0.6) is 0 Å². The Hall–Kier alpha value is -3.10. The fourth-order valence-corrected chi connectivity index (χ4v) is 5.35. The molecule has 0 radical (unpaired) electrons. The van der Waals surface area contributed by atoms with Gasteiger partial charge in [-0.2, -0.15) is 4.31 Å². The molecule has 0 saturated heterocycles. The van der Waals surface area contributed by atoms with E-state index in [1.807, 2.05) is 0 Å². The van der Waals surface area contributed by atoms with Gasteiger partial charge in [0.2, 0.25) is 10.0 Å². The Morgan fingerprint density at radius 2 is 1.83 bits per heavy atom. The number of carbonyl (C=O) groups excluding carboxylic acids is 2. The minimum atomic E-state index is -3.73. The smallest absolute Gasteiger partial charge is 0.266 e. The molecule has 0 fully saturated rings. The van der Waals surface area contributed by atoms with E-state index in [2.05, 4.69) is 4.98 Å². The second-order valence-corrected chi connectivity index (χ2v) is 8.49. The van der Waals surface area contributed by atoms with Crippen molar-refractivity contribution in [2.45, 2.75) is 18.7 Å². The third-order valence-corrected chi connectivity index (χ3v) is 7.20. The number of hydrogen-bond donors (Lipinski definition) is 0. The van der Waals surface area contributed by atoms with Crippen LogP contribution >= 0.6 is 0 Å². The first-order valence-electron chi connectivity index (χ1n) is 9.26. The number of aromatic nitrogens is 1. The van der Waals surface area contributed by atoms with E-state index < -0.39 is 21.8 Å². The van der Waals surface area contributed by atoms with E-state index in [-0.39, 0.29) is 10.5 Å². The summed E-state index contributed by atoms with van der Waals surface area (Å²) >= 11 is 0. The Balaban J connectivity index is 1.93. The number of benzene rings is 2. The standard InChI is InChI=1S/C21H19N3O4S/c1-3-23(4-2)29(27,28)18-11-10-17-19-15(18)8-5-9-16(19)21(26)24(17)20(25)14-7-6-12-22-13-14/h5-13H,3-4H2,1-2H3. The number of pyridine rings is 1. The Bertz CT molecular complexity index is 1240. The van der Waals surface area contributed by atoms with Gasteiger partial charge in [-0.05, 0) is 30.3 Å². The lowest BCUT2D eigenvalue weighted by Gasteiger charge is -2.20. The molecule has 1 aliphatic rings. The highest BCUT2D eigenvalue weighted by atomic mass is 32.2. The van der Waals surface area contributed by atoms with Crippen LogP contribution in [-0.4, -0.2) is 42.6 Å². The van der Waals surface area contributed by atoms with Gasteiger partial charge in [0, 0.05) is 36.3 Å². The van der Waals surface area contributed by atoms with Crippen LogP contribution in [0.2, 0.25) is 0 Å². The Morgan fingerprint density at radius 1 is 1.07 bits per heavy atom. The van der Waals surface area contributed by atoms with E-state index in [4.69, 9.17) is 0 Å². The lowest BCUT2D eigenvalue weighted by atomic mass is 10.1. The van der Waals surface area contributed by atoms with E-state index in [1.54, 1.807) is 50.4 Å². The molecule has 0 spiro atoms. The van der Waals surface area contributed by atoms with Crippen molar-refractivity contribution in [3.8, 4) is 0 Å². The maximum atomic E-state index is 13.1. The van der Waals surface area contributed by atoms with Gasteiger partial charge in [-0.3, -0.25) is 14.6 Å².